The first-order chi connectivity index (χ1) is 13.9. The molecular weight excluding hydrogens is 436 g/mol. The maximum Gasteiger partial charge on any atom is 0.335 e. The van der Waals surface area contributed by atoms with Crippen LogP contribution in [0.25, 0.3) is 5.69 Å². The number of rotatable bonds is 6. The zero-order chi connectivity index (χ0) is 21.0. The monoisotopic (exact) mass is 456 g/mol. The van der Waals surface area contributed by atoms with Crippen molar-refractivity contribution in [1.82, 2.24) is 9.55 Å². The number of hydrogen-bond donors (Lipinski definition) is 2. The van der Waals surface area contributed by atoms with Gasteiger partial charge in [0, 0.05) is 29.5 Å². The quantitative estimate of drug-likeness (QED) is 0.554. The van der Waals surface area contributed by atoms with Gasteiger partial charge >= 0.3 is 5.69 Å². The molecule has 3 aromatic rings. The first-order valence-electron chi connectivity index (χ1n) is 9.18. The van der Waals surface area contributed by atoms with Crippen LogP contribution in [0.2, 0.25) is 0 Å². The number of H-pyrrole nitrogens is 1. The van der Waals surface area contributed by atoms with E-state index in [9.17, 15) is 14.7 Å². The minimum Gasteiger partial charge on any atom is -0.493 e. The molecule has 0 radical (unpaired) electrons. The van der Waals surface area contributed by atoms with Gasteiger partial charge in [0.2, 0.25) is 5.88 Å². The SMILES string of the molecule is CCN(CC)c1ccc(N=Cc2c(O)n(-c3ccc(Br)cc3)c(=O)[nH]c2=O)cc1. The Labute approximate surface area is 176 Å². The number of hydrogen-bond acceptors (Lipinski definition) is 5. The number of nitrogens with one attached hydrogen (secondary N) is 1. The van der Waals surface area contributed by atoms with Gasteiger partial charge in [-0.25, -0.2) is 9.36 Å². The van der Waals surface area contributed by atoms with Crippen molar-refractivity contribution < 1.29 is 5.11 Å². The molecule has 0 saturated heterocycles. The van der Waals surface area contributed by atoms with Crippen molar-refractivity contribution in [2.45, 2.75) is 13.8 Å². The highest BCUT2D eigenvalue weighted by Crippen LogP contribution is 2.21. The van der Waals surface area contributed by atoms with E-state index >= 15 is 0 Å². The van der Waals surface area contributed by atoms with Crippen molar-refractivity contribution in [1.29, 1.82) is 0 Å². The second-order valence-electron chi connectivity index (χ2n) is 6.26. The van der Waals surface area contributed by atoms with Gasteiger partial charge in [0.05, 0.1) is 11.4 Å². The maximum absolute atomic E-state index is 12.2. The Kier molecular flexibility index (Phi) is 6.33. The molecule has 1 aromatic heterocycles. The van der Waals surface area contributed by atoms with Crippen LogP contribution in [0, 0.1) is 0 Å². The first-order valence-corrected chi connectivity index (χ1v) is 9.97. The molecule has 29 heavy (non-hydrogen) atoms. The summed E-state index contributed by atoms with van der Waals surface area (Å²) in [5.41, 5.74) is 0.602. The van der Waals surface area contributed by atoms with Crippen molar-refractivity contribution in [3.63, 3.8) is 0 Å². The van der Waals surface area contributed by atoms with E-state index in [1.807, 2.05) is 24.3 Å². The molecule has 2 N–H and O–H groups in total. The summed E-state index contributed by atoms with van der Waals surface area (Å²) in [6.07, 6.45) is 1.26. The third-order valence-electron chi connectivity index (χ3n) is 4.53. The molecule has 8 heteroatoms. The average Bonchev–Trinajstić information content (AvgIpc) is 2.71. The second-order valence-corrected chi connectivity index (χ2v) is 7.17. The summed E-state index contributed by atoms with van der Waals surface area (Å²) < 4.78 is 1.85. The average molecular weight is 457 g/mol. The molecule has 0 aliphatic carbocycles. The fraction of sp³-hybridized carbons (Fsp3) is 0.190. The van der Waals surface area contributed by atoms with Crippen molar-refractivity contribution in [3.05, 3.63) is 79.4 Å². The molecule has 0 unspecified atom stereocenters. The number of aliphatic imine (C=N–C) groups is 1. The van der Waals surface area contributed by atoms with Gasteiger partial charge in [-0.05, 0) is 62.4 Å². The number of aromatic hydroxyl groups is 1. The number of halogens is 1. The van der Waals surface area contributed by atoms with Gasteiger partial charge in [-0.15, -0.1) is 0 Å². The smallest absolute Gasteiger partial charge is 0.335 e. The zero-order valence-corrected chi connectivity index (χ0v) is 17.7. The van der Waals surface area contributed by atoms with Gasteiger partial charge in [0.15, 0.2) is 0 Å². The fourth-order valence-electron chi connectivity index (χ4n) is 2.96. The van der Waals surface area contributed by atoms with Crippen molar-refractivity contribution in [2.75, 3.05) is 18.0 Å². The third kappa shape index (κ3) is 4.48. The molecule has 0 atom stereocenters. The maximum atomic E-state index is 12.2. The largest absolute Gasteiger partial charge is 0.493 e. The van der Waals surface area contributed by atoms with Gasteiger partial charge in [-0.3, -0.25) is 14.8 Å². The molecule has 0 amide bonds. The minimum atomic E-state index is -0.726. The predicted octanol–water partition coefficient (Wildman–Crippen LogP) is 3.59. The molecule has 0 saturated carbocycles. The number of nitrogens with zero attached hydrogens (tertiary/aromatic N) is 3. The minimum absolute atomic E-state index is 0.0969. The van der Waals surface area contributed by atoms with Crippen molar-refractivity contribution >= 4 is 33.5 Å². The Bertz CT molecular complexity index is 1130. The normalized spacial score (nSPS) is 11.1. The van der Waals surface area contributed by atoms with E-state index in [-0.39, 0.29) is 5.56 Å². The number of aromatic nitrogens is 2. The van der Waals surface area contributed by atoms with E-state index < -0.39 is 17.1 Å². The Hall–Kier alpha value is -3.13. The molecule has 0 aliphatic heterocycles. The van der Waals surface area contributed by atoms with Crippen LogP contribution >= 0.6 is 15.9 Å². The van der Waals surface area contributed by atoms with Crippen molar-refractivity contribution in [3.8, 4) is 11.6 Å². The lowest BCUT2D eigenvalue weighted by molar-refractivity contribution is 0.430. The summed E-state index contributed by atoms with van der Waals surface area (Å²) in [5.74, 6) is -0.468. The second kappa shape index (κ2) is 8.91. The van der Waals surface area contributed by atoms with E-state index in [1.54, 1.807) is 24.3 Å². The van der Waals surface area contributed by atoms with E-state index in [0.717, 1.165) is 27.8 Å². The van der Waals surface area contributed by atoms with Crippen LogP contribution in [0.1, 0.15) is 19.4 Å². The molecule has 0 spiro atoms. The molecule has 0 aliphatic rings. The molecule has 150 valence electrons. The Morgan fingerprint density at radius 3 is 2.28 bits per heavy atom. The van der Waals surface area contributed by atoms with Crippen LogP contribution in [-0.2, 0) is 0 Å². The van der Waals surface area contributed by atoms with Gasteiger partial charge < -0.3 is 10.0 Å². The lowest BCUT2D eigenvalue weighted by Gasteiger charge is -2.20. The Morgan fingerprint density at radius 1 is 1.07 bits per heavy atom. The molecule has 1 heterocycles. The van der Waals surface area contributed by atoms with Gasteiger partial charge in [-0.1, -0.05) is 15.9 Å². The van der Waals surface area contributed by atoms with E-state index in [2.05, 4.69) is 44.7 Å². The summed E-state index contributed by atoms with van der Waals surface area (Å²) in [6.45, 7) is 5.98. The molecule has 0 bridgehead atoms. The van der Waals surface area contributed by atoms with Crippen molar-refractivity contribution in [2.24, 2.45) is 4.99 Å². The molecular formula is C21H21BrN4O3. The highest BCUT2D eigenvalue weighted by atomic mass is 79.9. The van der Waals surface area contributed by atoms with Crippen LogP contribution in [0.5, 0.6) is 5.88 Å². The Morgan fingerprint density at radius 2 is 1.69 bits per heavy atom. The fourth-order valence-corrected chi connectivity index (χ4v) is 3.23. The third-order valence-corrected chi connectivity index (χ3v) is 5.06. The van der Waals surface area contributed by atoms with Crippen LogP contribution in [0.15, 0.2) is 67.6 Å². The topological polar surface area (TPSA) is 90.7 Å². The Balaban J connectivity index is 1.97. The molecule has 7 nitrogen and oxygen atoms in total. The van der Waals surface area contributed by atoms with E-state index in [4.69, 9.17) is 0 Å². The number of benzene rings is 2. The van der Waals surface area contributed by atoms with E-state index in [0.29, 0.717) is 11.4 Å². The van der Waals surface area contributed by atoms with Crippen LogP contribution in [-0.4, -0.2) is 34.0 Å². The zero-order valence-electron chi connectivity index (χ0n) is 16.1. The highest BCUT2D eigenvalue weighted by molar-refractivity contribution is 9.10. The lowest BCUT2D eigenvalue weighted by atomic mass is 10.2. The van der Waals surface area contributed by atoms with Gasteiger partial charge in [-0.2, -0.15) is 0 Å². The predicted molar refractivity (Wildman–Crippen MR) is 119 cm³/mol. The number of aromatic amines is 1. The van der Waals surface area contributed by atoms with Crippen LogP contribution in [0.4, 0.5) is 11.4 Å². The number of anilines is 1. The van der Waals surface area contributed by atoms with Crippen LogP contribution < -0.4 is 16.1 Å². The van der Waals surface area contributed by atoms with E-state index in [1.165, 1.54) is 6.21 Å². The lowest BCUT2D eigenvalue weighted by Crippen LogP contribution is -2.31. The standard InChI is InChI=1S/C21H21BrN4O3/c1-3-25(4-2)16-11-7-15(8-12-16)23-13-18-19(27)24-21(29)26(20(18)28)17-9-5-14(22)6-10-17/h5-13,28H,3-4H2,1-2H3,(H,24,27,29). The summed E-state index contributed by atoms with van der Waals surface area (Å²) in [6, 6.07) is 14.3. The van der Waals surface area contributed by atoms with Crippen LogP contribution in [0.3, 0.4) is 0 Å². The summed E-state index contributed by atoms with van der Waals surface area (Å²) in [7, 11) is 0. The van der Waals surface area contributed by atoms with Gasteiger partial charge in [0.25, 0.3) is 5.56 Å². The molecule has 0 fully saturated rings. The molecule has 2 aromatic carbocycles. The van der Waals surface area contributed by atoms with Gasteiger partial charge in [0.1, 0.15) is 5.56 Å². The summed E-state index contributed by atoms with van der Waals surface area (Å²) >= 11 is 3.32. The molecule has 3 rings (SSSR count). The summed E-state index contributed by atoms with van der Waals surface area (Å²) in [5, 5.41) is 10.6. The first kappa shape index (κ1) is 20.6. The summed E-state index contributed by atoms with van der Waals surface area (Å²) in [4.78, 5) is 33.1. The highest BCUT2D eigenvalue weighted by Gasteiger charge is 2.14.